The molecule has 2 saturated heterocycles. The number of ketones is 1. The zero-order chi connectivity index (χ0) is 30.3. The van der Waals surface area contributed by atoms with Crippen LogP contribution in [0.5, 0.6) is 0 Å². The summed E-state index contributed by atoms with van der Waals surface area (Å²) in [6, 6.07) is 7.60. The molecule has 0 radical (unpaired) electrons. The van der Waals surface area contributed by atoms with Crippen molar-refractivity contribution in [3.63, 3.8) is 0 Å². The first-order valence-electron chi connectivity index (χ1n) is 13.2. The number of piperidine rings is 1. The fraction of sp³-hybridized carbons (Fsp3) is 0.333. The van der Waals surface area contributed by atoms with Gasteiger partial charge in [-0.05, 0) is 48.5 Å². The number of carbonyl (C=O) groups is 5. The molecule has 0 unspecified atom stereocenters. The lowest BCUT2D eigenvalue weighted by atomic mass is 9.67. The van der Waals surface area contributed by atoms with E-state index in [0.29, 0.717) is 31.4 Å². The minimum Gasteiger partial charge on any atom is -0.427 e. The van der Waals surface area contributed by atoms with E-state index in [1.807, 2.05) is 0 Å². The lowest BCUT2D eigenvalue weighted by molar-refractivity contribution is -0.162. The number of carbonyl (C=O) groups excluding carboxylic acids is 5. The Morgan fingerprint density at radius 3 is 2.48 bits per heavy atom. The predicted molar refractivity (Wildman–Crippen MR) is 148 cm³/mol. The third-order valence-corrected chi connectivity index (χ3v) is 8.04. The number of amides is 4. The fourth-order valence-electron chi connectivity index (χ4n) is 5.38. The van der Waals surface area contributed by atoms with E-state index >= 15 is 0 Å². The molecule has 1 aromatic heterocycles. The van der Waals surface area contributed by atoms with E-state index in [1.54, 1.807) is 4.90 Å². The maximum Gasteiger partial charge on any atom is 0.454 e. The monoisotopic (exact) mass is 597 g/mol. The van der Waals surface area contributed by atoms with Gasteiger partial charge in [0.25, 0.3) is 17.7 Å². The van der Waals surface area contributed by atoms with Gasteiger partial charge in [0.15, 0.2) is 11.5 Å². The molecule has 4 N–H and O–H groups in total. The summed E-state index contributed by atoms with van der Waals surface area (Å²) < 4.78 is 15.5. The topological polar surface area (TPSA) is 176 Å². The minimum atomic E-state index is -1.45. The molecule has 3 heterocycles. The number of primary amides is 1. The maximum absolute atomic E-state index is 14.3. The first-order chi connectivity index (χ1) is 20.0. The van der Waals surface area contributed by atoms with Gasteiger partial charge in [0, 0.05) is 30.5 Å². The van der Waals surface area contributed by atoms with Crippen LogP contribution in [0, 0.1) is 5.82 Å². The minimum absolute atomic E-state index is 0.0455. The Kier molecular flexibility index (Phi) is 8.13. The van der Waals surface area contributed by atoms with Crippen molar-refractivity contribution in [1.29, 1.82) is 0 Å². The second kappa shape index (κ2) is 11.6. The number of halogens is 2. The van der Waals surface area contributed by atoms with Crippen molar-refractivity contribution in [1.82, 2.24) is 19.6 Å². The number of aromatic nitrogens is 2. The van der Waals surface area contributed by atoms with Gasteiger partial charge in [0.05, 0.1) is 17.0 Å². The summed E-state index contributed by atoms with van der Waals surface area (Å²) in [6.07, 6.45) is 0.273. The number of hydrogen-bond acceptors (Lipinski definition) is 8. The number of imide groups is 1. The third-order valence-electron chi connectivity index (χ3n) is 7.75. The van der Waals surface area contributed by atoms with Gasteiger partial charge in [-0.1, -0.05) is 23.7 Å². The van der Waals surface area contributed by atoms with Crippen molar-refractivity contribution in [3.05, 3.63) is 64.1 Å². The standard InChI is InChI=1S/C27H26BClFN5O7/c29-18-3-1-2-14(24(18)30)11-21(36)20-12-22(37)35(20)23(38)13-34-19-5-4-15(10-17(19)25(32-34)26(31)39)27(40)33-8-6-16(7-9-33)28(41)42/h1-5,10,16,20,41-42H,6-9,11-13H2,(H2,31,39)/t20-/m0/s1. The number of Topliss-reactive ketones (excluding diaryl/α,β-unsaturated/α-hetero) is 1. The second-order valence-electron chi connectivity index (χ2n) is 10.4. The number of nitrogens with zero attached hydrogens (tertiary/aromatic N) is 4. The highest BCUT2D eigenvalue weighted by atomic mass is 35.5. The molecular formula is C27H26BClFN5O7. The largest absolute Gasteiger partial charge is 0.454 e. The molecule has 5 rings (SSSR count). The summed E-state index contributed by atoms with van der Waals surface area (Å²) in [5.41, 5.74) is 5.93. The molecule has 1 atom stereocenters. The molecule has 12 nitrogen and oxygen atoms in total. The molecule has 42 heavy (non-hydrogen) atoms. The Bertz CT molecular complexity index is 1620. The van der Waals surface area contributed by atoms with E-state index in [9.17, 15) is 38.4 Å². The van der Waals surface area contributed by atoms with E-state index in [1.165, 1.54) is 41.1 Å². The van der Waals surface area contributed by atoms with E-state index in [2.05, 4.69) is 5.10 Å². The first kappa shape index (κ1) is 29.4. The lowest BCUT2D eigenvalue weighted by Gasteiger charge is -2.37. The molecule has 0 aliphatic carbocycles. The van der Waals surface area contributed by atoms with Gasteiger partial charge in [0.1, 0.15) is 18.4 Å². The van der Waals surface area contributed by atoms with Crippen LogP contribution >= 0.6 is 11.6 Å². The van der Waals surface area contributed by atoms with Crippen molar-refractivity contribution in [2.24, 2.45) is 5.73 Å². The summed E-state index contributed by atoms with van der Waals surface area (Å²) in [4.78, 5) is 66.0. The Balaban J connectivity index is 1.34. The number of benzene rings is 2. The predicted octanol–water partition coefficient (Wildman–Crippen LogP) is 0.946. The van der Waals surface area contributed by atoms with Gasteiger partial charge in [-0.15, -0.1) is 0 Å². The van der Waals surface area contributed by atoms with Gasteiger partial charge in [-0.25, -0.2) is 4.39 Å². The summed E-state index contributed by atoms with van der Waals surface area (Å²) in [7, 11) is -1.45. The average molecular weight is 598 g/mol. The summed E-state index contributed by atoms with van der Waals surface area (Å²) in [6.45, 7) is 0.141. The van der Waals surface area contributed by atoms with Gasteiger partial charge < -0.3 is 20.7 Å². The van der Waals surface area contributed by atoms with Crippen LogP contribution < -0.4 is 5.73 Å². The quantitative estimate of drug-likeness (QED) is 0.254. The number of rotatable bonds is 8. The molecule has 0 saturated carbocycles. The molecular weight excluding hydrogens is 572 g/mol. The van der Waals surface area contributed by atoms with Crippen LogP contribution in [0.2, 0.25) is 10.8 Å². The van der Waals surface area contributed by atoms with E-state index < -0.39 is 49.0 Å². The zero-order valence-corrected chi connectivity index (χ0v) is 23.0. The molecule has 0 bridgehead atoms. The van der Waals surface area contributed by atoms with Crippen LogP contribution in [-0.4, -0.2) is 85.3 Å². The SMILES string of the molecule is NC(=O)c1nn(CC(=O)N2C(=O)C[C@H]2C(=O)Cc2cccc(Cl)c2F)c2ccc(C(=O)N3CCC(B(O)O)CC3)cc12. The number of fused-ring (bicyclic) bond motifs is 1. The van der Waals surface area contributed by atoms with Gasteiger partial charge >= 0.3 is 7.12 Å². The summed E-state index contributed by atoms with van der Waals surface area (Å²) in [5, 5.41) is 23.0. The number of likely N-dealkylation sites (tertiary alicyclic amines) is 2. The highest BCUT2D eigenvalue weighted by molar-refractivity contribution is 6.43. The molecule has 2 fully saturated rings. The summed E-state index contributed by atoms with van der Waals surface area (Å²) in [5.74, 6) is -4.17. The van der Waals surface area contributed by atoms with E-state index in [4.69, 9.17) is 17.3 Å². The van der Waals surface area contributed by atoms with Crippen LogP contribution in [0.4, 0.5) is 4.39 Å². The third kappa shape index (κ3) is 5.52. The van der Waals surface area contributed by atoms with Crippen LogP contribution in [0.15, 0.2) is 36.4 Å². The average Bonchev–Trinajstić information content (AvgIpc) is 3.31. The molecule has 2 aliphatic rings. The molecule has 15 heteroatoms. The van der Waals surface area contributed by atoms with Gasteiger partial charge in [0.2, 0.25) is 5.91 Å². The number of hydrogen-bond donors (Lipinski definition) is 3. The molecule has 218 valence electrons. The fourth-order valence-corrected chi connectivity index (χ4v) is 5.57. The Labute approximate surface area is 243 Å². The molecule has 2 aromatic carbocycles. The number of nitrogens with two attached hydrogens (primary N) is 1. The molecule has 4 amide bonds. The van der Waals surface area contributed by atoms with Crippen LogP contribution in [0.25, 0.3) is 10.9 Å². The summed E-state index contributed by atoms with van der Waals surface area (Å²) >= 11 is 5.79. The van der Waals surface area contributed by atoms with E-state index in [-0.39, 0.29) is 51.8 Å². The Morgan fingerprint density at radius 2 is 1.83 bits per heavy atom. The van der Waals surface area contributed by atoms with Gasteiger partial charge in [-0.2, -0.15) is 5.10 Å². The van der Waals surface area contributed by atoms with Crippen LogP contribution in [-0.2, 0) is 27.3 Å². The Morgan fingerprint density at radius 1 is 1.12 bits per heavy atom. The van der Waals surface area contributed by atoms with Crippen LogP contribution in [0.1, 0.15) is 45.7 Å². The van der Waals surface area contributed by atoms with Crippen molar-refractivity contribution >= 4 is 59.0 Å². The lowest BCUT2D eigenvalue weighted by Crippen LogP contribution is -2.60. The van der Waals surface area contributed by atoms with Crippen LogP contribution in [0.3, 0.4) is 0 Å². The van der Waals surface area contributed by atoms with Crippen molar-refractivity contribution in [3.8, 4) is 0 Å². The normalized spacial score (nSPS) is 17.3. The molecule has 0 spiro atoms. The van der Waals surface area contributed by atoms with Crippen molar-refractivity contribution < 1.29 is 38.4 Å². The zero-order valence-electron chi connectivity index (χ0n) is 22.2. The van der Waals surface area contributed by atoms with E-state index in [0.717, 1.165) is 4.90 Å². The van der Waals surface area contributed by atoms with Crippen molar-refractivity contribution in [2.75, 3.05) is 13.1 Å². The maximum atomic E-state index is 14.3. The first-order valence-corrected chi connectivity index (χ1v) is 13.6. The molecule has 3 aromatic rings. The second-order valence-corrected chi connectivity index (χ2v) is 10.8. The van der Waals surface area contributed by atoms with Crippen molar-refractivity contribution in [2.45, 2.75) is 44.1 Å². The highest BCUT2D eigenvalue weighted by Gasteiger charge is 2.45. The molecule has 2 aliphatic heterocycles. The Hall–Kier alpha value is -4.14. The smallest absolute Gasteiger partial charge is 0.427 e. The highest BCUT2D eigenvalue weighted by Crippen LogP contribution is 2.28. The van der Waals surface area contributed by atoms with Gasteiger partial charge in [-0.3, -0.25) is 33.6 Å². The number of β-lactam (4-membered cyclic amide) rings is 1.